The maximum atomic E-state index is 13.6. The van der Waals surface area contributed by atoms with Crippen molar-refractivity contribution < 1.29 is 18.8 Å². The van der Waals surface area contributed by atoms with E-state index in [4.69, 9.17) is 4.74 Å². The number of ether oxygens (including phenoxy) is 1. The molecule has 2 N–H and O–H groups in total. The minimum atomic E-state index is -0.287. The van der Waals surface area contributed by atoms with Crippen LogP contribution in [-0.4, -0.2) is 19.1 Å². The average Bonchev–Trinajstić information content (AvgIpc) is 2.75. The minimum absolute atomic E-state index is 0.0978. The van der Waals surface area contributed by atoms with E-state index in [9.17, 15) is 9.18 Å². The van der Waals surface area contributed by atoms with Crippen molar-refractivity contribution in [3.63, 3.8) is 0 Å². The van der Waals surface area contributed by atoms with E-state index >= 15 is 0 Å². The van der Waals surface area contributed by atoms with Crippen LogP contribution in [0.1, 0.15) is 35.8 Å². The van der Waals surface area contributed by atoms with Crippen LogP contribution in [0.4, 0.5) is 10.1 Å². The molecule has 1 aliphatic rings. The first kappa shape index (κ1) is 20.6. The summed E-state index contributed by atoms with van der Waals surface area (Å²) in [4.78, 5) is 13.5. The molecule has 30 heavy (non-hydrogen) atoms. The maximum absolute atomic E-state index is 13.6. The van der Waals surface area contributed by atoms with E-state index in [0.717, 1.165) is 31.8 Å². The fourth-order valence-corrected chi connectivity index (χ4v) is 4.47. The van der Waals surface area contributed by atoms with Crippen LogP contribution in [0.3, 0.4) is 0 Å². The molecule has 0 aliphatic carbocycles. The molecular weight excluding hydrogens is 447 g/mol. The molecule has 1 unspecified atom stereocenters. The SMILES string of the molecule is CCOC(=O)C[NH+]1[C@H](c2ccccc2)c2cc(Br)ccc2N[C@@H]1c1ccc(F)cc1. The molecule has 0 spiro atoms. The van der Waals surface area contributed by atoms with Crippen molar-refractivity contribution in [2.45, 2.75) is 19.1 Å². The third-order valence-corrected chi connectivity index (χ3v) is 5.85. The molecule has 3 aromatic rings. The number of anilines is 1. The van der Waals surface area contributed by atoms with Crippen molar-refractivity contribution in [2.24, 2.45) is 0 Å². The first-order chi connectivity index (χ1) is 14.6. The number of benzene rings is 3. The Labute approximate surface area is 183 Å². The van der Waals surface area contributed by atoms with Gasteiger partial charge in [0, 0.05) is 26.9 Å². The van der Waals surface area contributed by atoms with Gasteiger partial charge >= 0.3 is 5.97 Å². The molecule has 0 saturated heterocycles. The monoisotopic (exact) mass is 469 g/mol. The van der Waals surface area contributed by atoms with Crippen LogP contribution in [0.25, 0.3) is 0 Å². The number of quaternary nitrogens is 1. The predicted molar refractivity (Wildman–Crippen MR) is 118 cm³/mol. The van der Waals surface area contributed by atoms with Gasteiger partial charge in [-0.15, -0.1) is 0 Å². The summed E-state index contributed by atoms with van der Waals surface area (Å²) in [6.45, 7) is 2.31. The summed E-state index contributed by atoms with van der Waals surface area (Å²) in [5, 5.41) is 3.57. The fourth-order valence-electron chi connectivity index (χ4n) is 4.09. The van der Waals surface area contributed by atoms with Gasteiger partial charge in [0.15, 0.2) is 12.7 Å². The first-order valence-electron chi connectivity index (χ1n) is 9.94. The lowest BCUT2D eigenvalue weighted by atomic mass is 9.91. The summed E-state index contributed by atoms with van der Waals surface area (Å²) >= 11 is 3.58. The maximum Gasteiger partial charge on any atom is 0.361 e. The summed E-state index contributed by atoms with van der Waals surface area (Å²) in [6, 6.07) is 22.6. The summed E-state index contributed by atoms with van der Waals surface area (Å²) in [7, 11) is 0. The smallest absolute Gasteiger partial charge is 0.361 e. The minimum Gasteiger partial charge on any atom is -0.462 e. The highest BCUT2D eigenvalue weighted by molar-refractivity contribution is 9.10. The Kier molecular flexibility index (Phi) is 6.16. The van der Waals surface area contributed by atoms with Crippen molar-refractivity contribution in [2.75, 3.05) is 18.5 Å². The van der Waals surface area contributed by atoms with E-state index in [1.165, 1.54) is 12.1 Å². The second-order valence-electron chi connectivity index (χ2n) is 7.26. The van der Waals surface area contributed by atoms with Crippen molar-refractivity contribution in [3.8, 4) is 0 Å². The normalized spacial score (nSPS) is 20.2. The molecule has 4 nitrogen and oxygen atoms in total. The Morgan fingerprint density at radius 2 is 1.80 bits per heavy atom. The Hall–Kier alpha value is -2.70. The standard InChI is InChI=1S/C24H22BrFN2O2/c1-2-30-22(29)15-28-23(16-6-4-3-5-7-16)20-14-18(25)10-13-21(20)27-24(28)17-8-11-19(26)12-9-17/h3-14,23-24,27H,2,15H2,1H3/p+1/t23-,24+/m1/s1. The Bertz CT molecular complexity index is 1030. The molecule has 0 aromatic heterocycles. The van der Waals surface area contributed by atoms with Gasteiger partial charge in [-0.1, -0.05) is 46.3 Å². The van der Waals surface area contributed by atoms with Gasteiger partial charge in [-0.05, 0) is 49.4 Å². The summed E-state index contributed by atoms with van der Waals surface area (Å²) in [6.07, 6.45) is -0.242. The van der Waals surface area contributed by atoms with Gasteiger partial charge in [0.2, 0.25) is 0 Å². The van der Waals surface area contributed by atoms with E-state index in [2.05, 4.69) is 39.4 Å². The second kappa shape index (κ2) is 8.98. The van der Waals surface area contributed by atoms with Crippen LogP contribution in [0.15, 0.2) is 77.3 Å². The number of carbonyl (C=O) groups excluding carboxylic acids is 1. The molecule has 6 heteroatoms. The number of esters is 1. The van der Waals surface area contributed by atoms with Crippen LogP contribution in [0, 0.1) is 5.82 Å². The van der Waals surface area contributed by atoms with E-state index in [1.807, 2.05) is 30.3 Å². The molecule has 0 saturated carbocycles. The van der Waals surface area contributed by atoms with Gasteiger partial charge in [0.1, 0.15) is 11.9 Å². The van der Waals surface area contributed by atoms with Crippen LogP contribution in [0.2, 0.25) is 0 Å². The van der Waals surface area contributed by atoms with E-state index in [-0.39, 0.29) is 30.5 Å². The Morgan fingerprint density at radius 1 is 1.07 bits per heavy atom. The number of carbonyl (C=O) groups is 1. The molecule has 1 heterocycles. The Balaban J connectivity index is 1.86. The zero-order valence-electron chi connectivity index (χ0n) is 16.6. The van der Waals surface area contributed by atoms with Crippen LogP contribution >= 0.6 is 15.9 Å². The molecule has 4 rings (SSSR count). The number of halogens is 2. The van der Waals surface area contributed by atoms with Crippen molar-refractivity contribution in [1.29, 1.82) is 0 Å². The lowest BCUT2D eigenvalue weighted by molar-refractivity contribution is -0.947. The average molecular weight is 470 g/mol. The Morgan fingerprint density at radius 3 is 2.50 bits per heavy atom. The van der Waals surface area contributed by atoms with Gasteiger partial charge < -0.3 is 10.1 Å². The van der Waals surface area contributed by atoms with Gasteiger partial charge in [-0.3, -0.25) is 4.90 Å². The summed E-state index contributed by atoms with van der Waals surface area (Å²) < 4.78 is 19.8. The first-order valence-corrected chi connectivity index (χ1v) is 10.7. The lowest BCUT2D eigenvalue weighted by Gasteiger charge is -2.41. The van der Waals surface area contributed by atoms with Gasteiger partial charge in [0.05, 0.1) is 6.61 Å². The number of fused-ring (bicyclic) bond motifs is 1. The third-order valence-electron chi connectivity index (χ3n) is 5.36. The van der Waals surface area contributed by atoms with Crippen LogP contribution in [-0.2, 0) is 9.53 Å². The molecule has 154 valence electrons. The van der Waals surface area contributed by atoms with Gasteiger partial charge in [-0.25, -0.2) is 9.18 Å². The number of hydrogen-bond donors (Lipinski definition) is 2. The van der Waals surface area contributed by atoms with Crippen molar-refractivity contribution in [1.82, 2.24) is 0 Å². The molecule has 0 bridgehead atoms. The quantitative estimate of drug-likeness (QED) is 0.548. The topological polar surface area (TPSA) is 42.8 Å². The zero-order chi connectivity index (χ0) is 21.1. The molecule has 3 aromatic carbocycles. The zero-order valence-corrected chi connectivity index (χ0v) is 18.2. The molecule has 1 aliphatic heterocycles. The third kappa shape index (κ3) is 4.25. The number of rotatable bonds is 5. The highest BCUT2D eigenvalue weighted by Crippen LogP contribution is 2.35. The van der Waals surface area contributed by atoms with Gasteiger partial charge in [0.25, 0.3) is 0 Å². The van der Waals surface area contributed by atoms with Crippen molar-refractivity contribution in [3.05, 3.63) is 99.8 Å². The molecule has 0 amide bonds. The van der Waals surface area contributed by atoms with E-state index in [1.54, 1.807) is 19.1 Å². The van der Waals surface area contributed by atoms with Crippen molar-refractivity contribution >= 4 is 27.6 Å². The van der Waals surface area contributed by atoms with Gasteiger partial charge in [-0.2, -0.15) is 0 Å². The highest BCUT2D eigenvalue weighted by atomic mass is 79.9. The van der Waals surface area contributed by atoms with Crippen LogP contribution < -0.4 is 10.2 Å². The van der Waals surface area contributed by atoms with E-state index < -0.39 is 0 Å². The summed E-state index contributed by atoms with van der Waals surface area (Å²) in [5.41, 5.74) is 4.09. The fraction of sp³-hybridized carbons (Fsp3) is 0.208. The molecule has 0 radical (unpaired) electrons. The largest absolute Gasteiger partial charge is 0.462 e. The molecular formula is C24H23BrFN2O2+. The number of nitrogens with one attached hydrogen (secondary N) is 2. The van der Waals surface area contributed by atoms with Crippen LogP contribution in [0.5, 0.6) is 0 Å². The highest BCUT2D eigenvalue weighted by Gasteiger charge is 2.41. The second-order valence-corrected chi connectivity index (χ2v) is 8.18. The molecule has 0 fully saturated rings. The summed E-state index contributed by atoms with van der Waals surface area (Å²) in [5.74, 6) is -0.550. The predicted octanol–water partition coefficient (Wildman–Crippen LogP) is 4.25. The lowest BCUT2D eigenvalue weighted by Crippen LogP contribution is -3.15. The number of hydrogen-bond acceptors (Lipinski definition) is 3. The van der Waals surface area contributed by atoms with E-state index in [0.29, 0.717) is 6.61 Å². The molecule has 3 atom stereocenters.